The number of rotatable bonds is 9. The van der Waals surface area contributed by atoms with E-state index in [1.165, 1.54) is 12.1 Å². The predicted octanol–water partition coefficient (Wildman–Crippen LogP) is 4.47. The molecule has 4 nitrogen and oxygen atoms in total. The first-order valence-corrected chi connectivity index (χ1v) is 9.79. The minimum Gasteiger partial charge on any atom is -0.354 e. The standard InChI is InChI=1S/C23H29FN2O2/c1-4-8-21(27)26(16-18-11-13-20(24)14-12-18)22(19-9-6-5-7-10-19)23(28)25-15-17(2)3/h5-7,9-14,17,22H,4,8,15-16H2,1-3H3,(H,25,28)/t22-/m1/s1. The summed E-state index contributed by atoms with van der Waals surface area (Å²) in [5.74, 6) is -0.325. The van der Waals surface area contributed by atoms with E-state index in [0.717, 1.165) is 11.1 Å². The fourth-order valence-electron chi connectivity index (χ4n) is 2.98. The number of hydrogen-bond donors (Lipinski definition) is 1. The lowest BCUT2D eigenvalue weighted by atomic mass is 10.0. The quantitative estimate of drug-likeness (QED) is 0.694. The maximum atomic E-state index is 13.3. The summed E-state index contributed by atoms with van der Waals surface area (Å²) in [6.07, 6.45) is 1.04. The van der Waals surface area contributed by atoms with Crippen LogP contribution in [0.1, 0.15) is 50.8 Å². The molecule has 5 heteroatoms. The molecule has 0 spiro atoms. The van der Waals surface area contributed by atoms with Gasteiger partial charge in [0.15, 0.2) is 0 Å². The maximum absolute atomic E-state index is 13.3. The van der Waals surface area contributed by atoms with Gasteiger partial charge in [0.05, 0.1) is 0 Å². The lowest BCUT2D eigenvalue weighted by Crippen LogP contribution is -2.44. The van der Waals surface area contributed by atoms with Gasteiger partial charge in [-0.1, -0.05) is 63.2 Å². The molecule has 0 unspecified atom stereocenters. The lowest BCUT2D eigenvalue weighted by molar-refractivity contribution is -0.141. The summed E-state index contributed by atoms with van der Waals surface area (Å²) in [6.45, 7) is 6.76. The van der Waals surface area contributed by atoms with Gasteiger partial charge in [0, 0.05) is 19.5 Å². The number of carbonyl (C=O) groups excluding carboxylic acids is 2. The minimum absolute atomic E-state index is 0.0969. The number of amides is 2. The molecule has 150 valence electrons. The van der Waals surface area contributed by atoms with Crippen LogP contribution in [-0.2, 0) is 16.1 Å². The number of nitrogens with zero attached hydrogens (tertiary/aromatic N) is 1. The van der Waals surface area contributed by atoms with Crippen molar-refractivity contribution in [2.45, 2.75) is 46.2 Å². The highest BCUT2D eigenvalue weighted by Gasteiger charge is 2.31. The van der Waals surface area contributed by atoms with Crippen LogP contribution in [0.2, 0.25) is 0 Å². The summed E-state index contributed by atoms with van der Waals surface area (Å²) in [5.41, 5.74) is 1.54. The summed E-state index contributed by atoms with van der Waals surface area (Å²) >= 11 is 0. The van der Waals surface area contributed by atoms with Gasteiger partial charge in [-0.15, -0.1) is 0 Å². The van der Waals surface area contributed by atoms with Gasteiger partial charge in [-0.3, -0.25) is 9.59 Å². The van der Waals surface area contributed by atoms with Crippen LogP contribution in [0, 0.1) is 11.7 Å². The molecule has 0 aliphatic heterocycles. The number of benzene rings is 2. The SMILES string of the molecule is CCCC(=O)N(Cc1ccc(F)cc1)[C@@H](C(=O)NCC(C)C)c1ccccc1. The molecule has 0 saturated carbocycles. The van der Waals surface area contributed by atoms with Crippen LogP contribution in [0.3, 0.4) is 0 Å². The van der Waals surface area contributed by atoms with E-state index >= 15 is 0 Å². The van der Waals surface area contributed by atoms with E-state index < -0.39 is 6.04 Å². The van der Waals surface area contributed by atoms with Crippen molar-refractivity contribution in [2.75, 3.05) is 6.54 Å². The van der Waals surface area contributed by atoms with Crippen molar-refractivity contribution in [2.24, 2.45) is 5.92 Å². The van der Waals surface area contributed by atoms with Crippen LogP contribution < -0.4 is 5.32 Å². The van der Waals surface area contributed by atoms with Crippen LogP contribution in [0.25, 0.3) is 0 Å². The second-order valence-corrected chi connectivity index (χ2v) is 7.35. The molecule has 0 heterocycles. The first kappa shape index (κ1) is 21.6. The van der Waals surface area contributed by atoms with Gasteiger partial charge >= 0.3 is 0 Å². The van der Waals surface area contributed by atoms with Gasteiger partial charge in [0.25, 0.3) is 0 Å². The Labute approximate surface area is 166 Å². The highest BCUT2D eigenvalue weighted by Crippen LogP contribution is 2.25. The lowest BCUT2D eigenvalue weighted by Gasteiger charge is -2.32. The van der Waals surface area contributed by atoms with Crippen molar-refractivity contribution in [1.29, 1.82) is 0 Å². The van der Waals surface area contributed by atoms with Crippen molar-refractivity contribution in [3.8, 4) is 0 Å². The zero-order chi connectivity index (χ0) is 20.5. The van der Waals surface area contributed by atoms with Crippen molar-refractivity contribution in [3.05, 3.63) is 71.5 Å². The zero-order valence-electron chi connectivity index (χ0n) is 16.8. The summed E-state index contributed by atoms with van der Waals surface area (Å²) in [7, 11) is 0. The molecule has 0 radical (unpaired) electrons. The molecule has 1 N–H and O–H groups in total. The zero-order valence-corrected chi connectivity index (χ0v) is 16.8. The van der Waals surface area contributed by atoms with E-state index in [9.17, 15) is 14.0 Å². The third kappa shape index (κ3) is 6.19. The smallest absolute Gasteiger partial charge is 0.247 e. The normalized spacial score (nSPS) is 11.9. The second-order valence-electron chi connectivity index (χ2n) is 7.35. The summed E-state index contributed by atoms with van der Waals surface area (Å²) in [5, 5.41) is 2.96. The molecule has 0 fully saturated rings. The van der Waals surface area contributed by atoms with Crippen molar-refractivity contribution >= 4 is 11.8 Å². The molecular formula is C23H29FN2O2. The molecule has 2 aromatic rings. The molecule has 2 rings (SSSR count). The first-order valence-electron chi connectivity index (χ1n) is 9.79. The summed E-state index contributed by atoms with van der Waals surface area (Å²) < 4.78 is 13.3. The largest absolute Gasteiger partial charge is 0.354 e. The van der Waals surface area contributed by atoms with Crippen LogP contribution in [-0.4, -0.2) is 23.3 Å². The second kappa shape index (κ2) is 10.6. The van der Waals surface area contributed by atoms with Gasteiger partial charge < -0.3 is 10.2 Å². The maximum Gasteiger partial charge on any atom is 0.247 e. The predicted molar refractivity (Wildman–Crippen MR) is 109 cm³/mol. The van der Waals surface area contributed by atoms with Crippen LogP contribution >= 0.6 is 0 Å². The topological polar surface area (TPSA) is 49.4 Å². The molecule has 0 aliphatic rings. The fourth-order valence-corrected chi connectivity index (χ4v) is 2.98. The molecule has 0 bridgehead atoms. The Morgan fingerprint density at radius 3 is 2.25 bits per heavy atom. The number of halogens is 1. The molecule has 2 aromatic carbocycles. The van der Waals surface area contributed by atoms with Crippen LogP contribution in [0.5, 0.6) is 0 Å². The monoisotopic (exact) mass is 384 g/mol. The fraction of sp³-hybridized carbons (Fsp3) is 0.391. The molecule has 1 atom stereocenters. The van der Waals surface area contributed by atoms with E-state index in [1.807, 2.05) is 51.1 Å². The molecule has 0 saturated heterocycles. The molecule has 2 amide bonds. The third-order valence-electron chi connectivity index (χ3n) is 4.41. The molecule has 0 aliphatic carbocycles. The number of nitrogens with one attached hydrogen (secondary N) is 1. The van der Waals surface area contributed by atoms with E-state index in [0.29, 0.717) is 25.3 Å². The summed E-state index contributed by atoms with van der Waals surface area (Å²) in [6, 6.07) is 14.6. The van der Waals surface area contributed by atoms with E-state index in [-0.39, 0.29) is 24.2 Å². The highest BCUT2D eigenvalue weighted by molar-refractivity contribution is 5.88. The Hall–Kier alpha value is -2.69. The molecule has 0 aromatic heterocycles. The van der Waals surface area contributed by atoms with Gasteiger partial charge in [-0.25, -0.2) is 4.39 Å². The number of hydrogen-bond acceptors (Lipinski definition) is 2. The van der Waals surface area contributed by atoms with Gasteiger partial charge in [-0.05, 0) is 35.6 Å². The number of carbonyl (C=O) groups is 2. The Morgan fingerprint density at radius 2 is 1.68 bits per heavy atom. The first-order chi connectivity index (χ1) is 13.4. The van der Waals surface area contributed by atoms with Crippen LogP contribution in [0.4, 0.5) is 4.39 Å². The Bertz CT molecular complexity index is 760. The third-order valence-corrected chi connectivity index (χ3v) is 4.41. The van der Waals surface area contributed by atoms with Crippen LogP contribution in [0.15, 0.2) is 54.6 Å². The van der Waals surface area contributed by atoms with Gasteiger partial charge in [0.2, 0.25) is 11.8 Å². The summed E-state index contributed by atoms with van der Waals surface area (Å²) in [4.78, 5) is 27.6. The average molecular weight is 384 g/mol. The van der Waals surface area contributed by atoms with E-state index in [4.69, 9.17) is 0 Å². The molecular weight excluding hydrogens is 355 g/mol. The Kier molecular flexibility index (Phi) is 8.18. The molecule has 28 heavy (non-hydrogen) atoms. The average Bonchev–Trinajstić information content (AvgIpc) is 2.68. The Balaban J connectivity index is 2.39. The van der Waals surface area contributed by atoms with E-state index in [1.54, 1.807) is 17.0 Å². The van der Waals surface area contributed by atoms with Gasteiger partial charge in [-0.2, -0.15) is 0 Å². The van der Waals surface area contributed by atoms with Crippen molar-refractivity contribution in [3.63, 3.8) is 0 Å². The van der Waals surface area contributed by atoms with Crippen molar-refractivity contribution in [1.82, 2.24) is 10.2 Å². The van der Waals surface area contributed by atoms with Crippen molar-refractivity contribution < 1.29 is 14.0 Å². The minimum atomic E-state index is -0.732. The highest BCUT2D eigenvalue weighted by atomic mass is 19.1. The Morgan fingerprint density at radius 1 is 1.04 bits per heavy atom. The van der Waals surface area contributed by atoms with E-state index in [2.05, 4.69) is 5.32 Å². The van der Waals surface area contributed by atoms with Gasteiger partial charge in [0.1, 0.15) is 11.9 Å².